The molecule has 1 saturated carbocycles. The molecule has 0 aromatic rings. The lowest BCUT2D eigenvalue weighted by atomic mass is 9.95. The SMILES string of the molecule is O=C(O)CCC1CCCN(S(=O)(=O)C2CC2)C1. The van der Waals surface area contributed by atoms with E-state index in [1.165, 1.54) is 0 Å². The summed E-state index contributed by atoms with van der Waals surface area (Å²) in [7, 11) is -3.07. The van der Waals surface area contributed by atoms with Gasteiger partial charge in [0.05, 0.1) is 5.25 Å². The van der Waals surface area contributed by atoms with Crippen LogP contribution in [0.5, 0.6) is 0 Å². The van der Waals surface area contributed by atoms with Gasteiger partial charge in [-0.3, -0.25) is 4.79 Å². The van der Waals surface area contributed by atoms with Crippen LogP contribution in [0.2, 0.25) is 0 Å². The number of aliphatic carboxylic acids is 1. The van der Waals surface area contributed by atoms with Gasteiger partial charge in [0.25, 0.3) is 0 Å². The van der Waals surface area contributed by atoms with Gasteiger partial charge in [0, 0.05) is 19.5 Å². The van der Waals surface area contributed by atoms with E-state index >= 15 is 0 Å². The predicted molar refractivity (Wildman–Crippen MR) is 63.1 cm³/mol. The Balaban J connectivity index is 1.90. The fourth-order valence-electron chi connectivity index (χ4n) is 2.40. The Labute approximate surface area is 102 Å². The molecule has 0 aromatic carbocycles. The fraction of sp³-hybridized carbons (Fsp3) is 0.909. The second-order valence-corrected chi connectivity index (χ2v) is 7.26. The Morgan fingerprint density at radius 2 is 2.00 bits per heavy atom. The van der Waals surface area contributed by atoms with Crippen LogP contribution in [0.4, 0.5) is 0 Å². The van der Waals surface area contributed by atoms with Gasteiger partial charge in [-0.15, -0.1) is 0 Å². The highest BCUT2D eigenvalue weighted by atomic mass is 32.2. The molecule has 5 nitrogen and oxygen atoms in total. The van der Waals surface area contributed by atoms with Crippen molar-refractivity contribution in [2.45, 2.75) is 43.8 Å². The van der Waals surface area contributed by atoms with Gasteiger partial charge in [-0.25, -0.2) is 12.7 Å². The van der Waals surface area contributed by atoms with Crippen LogP contribution in [0.3, 0.4) is 0 Å². The maximum Gasteiger partial charge on any atom is 0.303 e. The van der Waals surface area contributed by atoms with Gasteiger partial charge in [0.1, 0.15) is 0 Å². The zero-order chi connectivity index (χ0) is 12.5. The van der Waals surface area contributed by atoms with E-state index in [4.69, 9.17) is 5.11 Å². The molecular formula is C11H19NO4S. The Hall–Kier alpha value is -0.620. The minimum Gasteiger partial charge on any atom is -0.481 e. The molecule has 0 spiro atoms. The number of rotatable bonds is 5. The Bertz CT molecular complexity index is 388. The first-order valence-electron chi connectivity index (χ1n) is 6.21. The van der Waals surface area contributed by atoms with Crippen LogP contribution in [0, 0.1) is 5.92 Å². The Kier molecular flexibility index (Phi) is 3.73. The Morgan fingerprint density at radius 3 is 2.59 bits per heavy atom. The molecule has 0 bridgehead atoms. The number of hydrogen-bond donors (Lipinski definition) is 1. The first-order chi connectivity index (χ1) is 8.00. The van der Waals surface area contributed by atoms with Gasteiger partial charge >= 0.3 is 5.97 Å². The molecule has 1 unspecified atom stereocenters. The molecule has 2 aliphatic rings. The molecular weight excluding hydrogens is 242 g/mol. The average molecular weight is 261 g/mol. The molecule has 1 aliphatic heterocycles. The van der Waals surface area contributed by atoms with E-state index in [0.717, 1.165) is 25.7 Å². The number of nitrogens with zero attached hydrogens (tertiary/aromatic N) is 1. The third-order valence-corrected chi connectivity index (χ3v) is 5.92. The highest BCUT2D eigenvalue weighted by Crippen LogP contribution is 2.33. The summed E-state index contributed by atoms with van der Waals surface area (Å²) in [5.74, 6) is -0.583. The van der Waals surface area contributed by atoms with Gasteiger partial charge in [-0.1, -0.05) is 0 Å². The van der Waals surface area contributed by atoms with Crippen molar-refractivity contribution in [2.24, 2.45) is 5.92 Å². The third kappa shape index (κ3) is 3.19. The van der Waals surface area contributed by atoms with Crippen molar-refractivity contribution in [3.05, 3.63) is 0 Å². The molecule has 0 amide bonds. The molecule has 1 atom stereocenters. The van der Waals surface area contributed by atoms with Crippen molar-refractivity contribution >= 4 is 16.0 Å². The molecule has 1 N–H and O–H groups in total. The zero-order valence-electron chi connectivity index (χ0n) is 9.84. The molecule has 2 rings (SSSR count). The summed E-state index contributed by atoms with van der Waals surface area (Å²) in [6.07, 6.45) is 4.12. The Morgan fingerprint density at radius 1 is 1.29 bits per heavy atom. The van der Waals surface area contributed by atoms with E-state index < -0.39 is 16.0 Å². The molecule has 0 aromatic heterocycles. The predicted octanol–water partition coefficient (Wildman–Crippen LogP) is 1.06. The van der Waals surface area contributed by atoms with Crippen LogP contribution in [-0.2, 0) is 14.8 Å². The minimum atomic E-state index is -3.07. The van der Waals surface area contributed by atoms with E-state index in [0.29, 0.717) is 19.5 Å². The van der Waals surface area contributed by atoms with Gasteiger partial charge in [-0.05, 0) is 38.0 Å². The van der Waals surface area contributed by atoms with Crippen molar-refractivity contribution in [1.29, 1.82) is 0 Å². The molecule has 6 heteroatoms. The van der Waals surface area contributed by atoms with Crippen LogP contribution in [0.1, 0.15) is 38.5 Å². The van der Waals surface area contributed by atoms with Crippen molar-refractivity contribution in [3.63, 3.8) is 0 Å². The lowest BCUT2D eigenvalue weighted by Crippen LogP contribution is -2.41. The molecule has 17 heavy (non-hydrogen) atoms. The number of carbonyl (C=O) groups is 1. The summed E-state index contributed by atoms with van der Waals surface area (Å²) in [6.45, 7) is 1.13. The van der Waals surface area contributed by atoms with Crippen molar-refractivity contribution in [2.75, 3.05) is 13.1 Å². The maximum atomic E-state index is 12.0. The largest absolute Gasteiger partial charge is 0.481 e. The lowest BCUT2D eigenvalue weighted by Gasteiger charge is -2.31. The smallest absolute Gasteiger partial charge is 0.303 e. The van der Waals surface area contributed by atoms with Crippen molar-refractivity contribution in [3.8, 4) is 0 Å². The molecule has 1 saturated heterocycles. The van der Waals surface area contributed by atoms with E-state index in [9.17, 15) is 13.2 Å². The van der Waals surface area contributed by atoms with E-state index in [2.05, 4.69) is 0 Å². The van der Waals surface area contributed by atoms with Crippen LogP contribution < -0.4 is 0 Å². The summed E-state index contributed by atoms with van der Waals surface area (Å²) in [5.41, 5.74) is 0. The summed E-state index contributed by atoms with van der Waals surface area (Å²) in [6, 6.07) is 0. The molecule has 0 radical (unpaired) electrons. The number of carboxylic acid groups (broad SMARTS) is 1. The molecule has 1 aliphatic carbocycles. The number of sulfonamides is 1. The molecule has 2 fully saturated rings. The minimum absolute atomic E-state index is 0.141. The standard InChI is InChI=1S/C11H19NO4S/c13-11(14)6-3-9-2-1-7-12(8-9)17(15,16)10-4-5-10/h9-10H,1-8H2,(H,13,14). The molecule has 1 heterocycles. The van der Waals surface area contributed by atoms with Gasteiger partial charge < -0.3 is 5.11 Å². The highest BCUT2D eigenvalue weighted by Gasteiger charge is 2.41. The number of piperidine rings is 1. The quantitative estimate of drug-likeness (QED) is 0.803. The first-order valence-corrected chi connectivity index (χ1v) is 7.71. The number of carboxylic acids is 1. The van der Waals surface area contributed by atoms with Gasteiger partial charge in [0.15, 0.2) is 0 Å². The first kappa shape index (κ1) is 12.8. The summed E-state index contributed by atoms with van der Waals surface area (Å²) < 4.78 is 25.7. The van der Waals surface area contributed by atoms with Gasteiger partial charge in [-0.2, -0.15) is 0 Å². The van der Waals surface area contributed by atoms with E-state index in [-0.39, 0.29) is 17.6 Å². The summed E-state index contributed by atoms with van der Waals surface area (Å²) in [5, 5.41) is 8.48. The van der Waals surface area contributed by atoms with Crippen LogP contribution in [-0.4, -0.2) is 42.1 Å². The highest BCUT2D eigenvalue weighted by molar-refractivity contribution is 7.90. The van der Waals surface area contributed by atoms with Crippen LogP contribution in [0.25, 0.3) is 0 Å². The second kappa shape index (κ2) is 4.94. The summed E-state index contributed by atoms with van der Waals surface area (Å²) in [4.78, 5) is 10.5. The van der Waals surface area contributed by atoms with E-state index in [1.807, 2.05) is 0 Å². The average Bonchev–Trinajstić information content (AvgIpc) is 3.11. The fourth-order valence-corrected chi connectivity index (χ4v) is 4.35. The number of hydrogen-bond acceptors (Lipinski definition) is 3. The second-order valence-electron chi connectivity index (χ2n) is 5.04. The monoisotopic (exact) mass is 261 g/mol. The van der Waals surface area contributed by atoms with Crippen molar-refractivity contribution in [1.82, 2.24) is 4.31 Å². The van der Waals surface area contributed by atoms with E-state index in [1.54, 1.807) is 4.31 Å². The lowest BCUT2D eigenvalue weighted by molar-refractivity contribution is -0.137. The van der Waals surface area contributed by atoms with Crippen molar-refractivity contribution < 1.29 is 18.3 Å². The van der Waals surface area contributed by atoms with Crippen LogP contribution >= 0.6 is 0 Å². The zero-order valence-corrected chi connectivity index (χ0v) is 10.7. The maximum absolute atomic E-state index is 12.0. The van der Waals surface area contributed by atoms with Crippen LogP contribution in [0.15, 0.2) is 0 Å². The third-order valence-electron chi connectivity index (χ3n) is 3.55. The topological polar surface area (TPSA) is 74.7 Å². The normalized spacial score (nSPS) is 26.9. The van der Waals surface area contributed by atoms with Gasteiger partial charge in [0.2, 0.25) is 10.0 Å². The summed E-state index contributed by atoms with van der Waals surface area (Å²) >= 11 is 0. The molecule has 98 valence electrons.